The van der Waals surface area contributed by atoms with Gasteiger partial charge in [-0.05, 0) is 56.5 Å². The first-order valence-electron chi connectivity index (χ1n) is 9.82. The molecular formula is C20H30N4O2. The van der Waals surface area contributed by atoms with Crippen molar-refractivity contribution in [2.45, 2.75) is 51.0 Å². The molecule has 0 saturated carbocycles. The average molecular weight is 358 g/mol. The Morgan fingerprint density at radius 1 is 0.962 bits per heavy atom. The number of piperidine rings is 1. The van der Waals surface area contributed by atoms with E-state index in [1.54, 1.807) is 0 Å². The van der Waals surface area contributed by atoms with Gasteiger partial charge in [-0.2, -0.15) is 0 Å². The smallest absolute Gasteiger partial charge is 0.238 e. The van der Waals surface area contributed by atoms with Gasteiger partial charge in [0.15, 0.2) is 0 Å². The molecule has 3 rings (SSSR count). The molecule has 2 aliphatic heterocycles. The van der Waals surface area contributed by atoms with E-state index in [1.807, 2.05) is 17.0 Å². The summed E-state index contributed by atoms with van der Waals surface area (Å²) in [6, 6.07) is 7.75. The number of primary amides is 1. The molecule has 0 aliphatic carbocycles. The number of rotatable bonds is 5. The van der Waals surface area contributed by atoms with Crippen molar-refractivity contribution in [2.24, 2.45) is 5.73 Å². The predicted octanol–water partition coefficient (Wildman–Crippen LogP) is 2.35. The molecule has 2 saturated heterocycles. The van der Waals surface area contributed by atoms with Crippen LogP contribution in [0.25, 0.3) is 0 Å². The largest absolute Gasteiger partial charge is 0.372 e. The van der Waals surface area contributed by atoms with Crippen LogP contribution in [-0.2, 0) is 9.59 Å². The molecule has 2 aliphatic rings. The highest BCUT2D eigenvalue weighted by Crippen LogP contribution is 2.22. The van der Waals surface area contributed by atoms with Crippen molar-refractivity contribution in [3.63, 3.8) is 0 Å². The lowest BCUT2D eigenvalue weighted by atomic mass is 10.0. The van der Waals surface area contributed by atoms with Crippen LogP contribution in [0.5, 0.6) is 0 Å². The SMILES string of the molecule is NC(=O)[C@@H]1CCCCN1CC(=O)Nc1ccc(N2CCCCCC2)cc1. The molecule has 2 amide bonds. The minimum atomic E-state index is -0.334. The molecule has 1 atom stereocenters. The van der Waals surface area contributed by atoms with E-state index >= 15 is 0 Å². The molecule has 0 unspecified atom stereocenters. The molecule has 26 heavy (non-hydrogen) atoms. The van der Waals surface area contributed by atoms with Crippen molar-refractivity contribution < 1.29 is 9.59 Å². The van der Waals surface area contributed by atoms with Crippen LogP contribution in [0.1, 0.15) is 44.9 Å². The van der Waals surface area contributed by atoms with E-state index in [2.05, 4.69) is 22.3 Å². The number of hydrogen-bond donors (Lipinski definition) is 2. The number of nitrogens with zero attached hydrogens (tertiary/aromatic N) is 2. The van der Waals surface area contributed by atoms with Crippen LogP contribution in [0.15, 0.2) is 24.3 Å². The summed E-state index contributed by atoms with van der Waals surface area (Å²) in [6.07, 6.45) is 7.85. The van der Waals surface area contributed by atoms with E-state index in [9.17, 15) is 9.59 Å². The molecule has 0 spiro atoms. The van der Waals surface area contributed by atoms with Crippen molar-refractivity contribution in [2.75, 3.05) is 36.4 Å². The van der Waals surface area contributed by atoms with Crippen molar-refractivity contribution in [1.82, 2.24) is 4.90 Å². The summed E-state index contributed by atoms with van der Waals surface area (Å²) in [4.78, 5) is 28.2. The summed E-state index contributed by atoms with van der Waals surface area (Å²) in [6.45, 7) is 3.17. The summed E-state index contributed by atoms with van der Waals surface area (Å²) in [5.41, 5.74) is 7.48. The van der Waals surface area contributed by atoms with Crippen LogP contribution in [0.3, 0.4) is 0 Å². The van der Waals surface area contributed by atoms with Gasteiger partial charge in [-0.3, -0.25) is 14.5 Å². The van der Waals surface area contributed by atoms with Gasteiger partial charge in [-0.1, -0.05) is 19.3 Å². The molecule has 3 N–H and O–H groups in total. The molecular weight excluding hydrogens is 328 g/mol. The summed E-state index contributed by atoms with van der Waals surface area (Å²) in [5.74, 6) is -0.431. The van der Waals surface area contributed by atoms with Crippen molar-refractivity contribution in [3.05, 3.63) is 24.3 Å². The third-order valence-corrected chi connectivity index (χ3v) is 5.41. The highest BCUT2D eigenvalue weighted by Gasteiger charge is 2.28. The Balaban J connectivity index is 1.54. The molecule has 6 nitrogen and oxygen atoms in total. The lowest BCUT2D eigenvalue weighted by Crippen LogP contribution is -2.50. The quantitative estimate of drug-likeness (QED) is 0.847. The molecule has 0 radical (unpaired) electrons. The van der Waals surface area contributed by atoms with Crippen LogP contribution in [0.2, 0.25) is 0 Å². The van der Waals surface area contributed by atoms with Crippen molar-refractivity contribution in [1.29, 1.82) is 0 Å². The van der Waals surface area contributed by atoms with E-state index in [1.165, 1.54) is 31.4 Å². The summed E-state index contributed by atoms with van der Waals surface area (Å²) < 4.78 is 0. The lowest BCUT2D eigenvalue weighted by molar-refractivity contribution is -0.126. The number of carbonyl (C=O) groups is 2. The number of nitrogens with one attached hydrogen (secondary N) is 1. The van der Waals surface area contributed by atoms with Gasteiger partial charge in [0.25, 0.3) is 0 Å². The van der Waals surface area contributed by atoms with Crippen LogP contribution in [0, 0.1) is 0 Å². The van der Waals surface area contributed by atoms with E-state index in [0.717, 1.165) is 44.6 Å². The monoisotopic (exact) mass is 358 g/mol. The Kier molecular flexibility index (Phi) is 6.50. The van der Waals surface area contributed by atoms with E-state index < -0.39 is 0 Å². The number of amides is 2. The highest BCUT2D eigenvalue weighted by atomic mass is 16.2. The summed E-state index contributed by atoms with van der Waals surface area (Å²) in [7, 11) is 0. The average Bonchev–Trinajstić information content (AvgIpc) is 2.92. The van der Waals surface area contributed by atoms with Gasteiger partial charge in [0.05, 0.1) is 12.6 Å². The van der Waals surface area contributed by atoms with E-state index in [4.69, 9.17) is 5.73 Å². The summed E-state index contributed by atoms with van der Waals surface area (Å²) in [5, 5.41) is 2.94. The number of nitrogens with two attached hydrogens (primary N) is 1. The maximum atomic E-state index is 12.4. The molecule has 142 valence electrons. The molecule has 0 aromatic heterocycles. The lowest BCUT2D eigenvalue weighted by Gasteiger charge is -2.32. The molecule has 6 heteroatoms. The minimum Gasteiger partial charge on any atom is -0.372 e. The Labute approximate surface area is 155 Å². The number of carbonyl (C=O) groups excluding carboxylic acids is 2. The van der Waals surface area contributed by atoms with Crippen molar-refractivity contribution in [3.8, 4) is 0 Å². The number of anilines is 2. The fraction of sp³-hybridized carbons (Fsp3) is 0.600. The first-order chi connectivity index (χ1) is 12.6. The van der Waals surface area contributed by atoms with E-state index in [-0.39, 0.29) is 24.4 Å². The Hall–Kier alpha value is -2.08. The van der Waals surface area contributed by atoms with Crippen molar-refractivity contribution >= 4 is 23.2 Å². The van der Waals surface area contributed by atoms with Crippen LogP contribution in [0.4, 0.5) is 11.4 Å². The van der Waals surface area contributed by atoms with Gasteiger partial charge >= 0.3 is 0 Å². The van der Waals surface area contributed by atoms with Gasteiger partial charge in [-0.25, -0.2) is 0 Å². The summed E-state index contributed by atoms with van der Waals surface area (Å²) >= 11 is 0. The molecule has 2 heterocycles. The number of likely N-dealkylation sites (tertiary alicyclic amines) is 1. The van der Waals surface area contributed by atoms with Crippen LogP contribution < -0.4 is 16.0 Å². The third kappa shape index (κ3) is 4.97. The van der Waals surface area contributed by atoms with Gasteiger partial charge in [-0.15, -0.1) is 0 Å². The third-order valence-electron chi connectivity index (χ3n) is 5.41. The normalized spacial score (nSPS) is 21.8. The van der Waals surface area contributed by atoms with Gasteiger partial charge in [0.2, 0.25) is 11.8 Å². The second kappa shape index (κ2) is 9.03. The maximum Gasteiger partial charge on any atom is 0.238 e. The van der Waals surface area contributed by atoms with Crippen LogP contribution in [-0.4, -0.2) is 48.9 Å². The highest BCUT2D eigenvalue weighted by molar-refractivity contribution is 5.93. The first kappa shape index (κ1) is 18.7. The number of hydrogen-bond acceptors (Lipinski definition) is 4. The Morgan fingerprint density at radius 2 is 1.62 bits per heavy atom. The van der Waals surface area contributed by atoms with Gasteiger partial charge in [0.1, 0.15) is 0 Å². The first-order valence-corrected chi connectivity index (χ1v) is 9.82. The standard InChI is InChI=1S/C20H30N4O2/c21-20(26)18-7-3-6-14-24(18)15-19(25)22-16-8-10-17(11-9-16)23-12-4-1-2-5-13-23/h8-11,18H,1-7,12-15H2,(H2,21,26)(H,22,25)/t18-/m0/s1. The predicted molar refractivity (Wildman–Crippen MR) is 104 cm³/mol. The van der Waals surface area contributed by atoms with Gasteiger partial charge in [0, 0.05) is 24.5 Å². The molecule has 1 aromatic carbocycles. The van der Waals surface area contributed by atoms with Gasteiger partial charge < -0.3 is 16.0 Å². The zero-order valence-corrected chi connectivity index (χ0v) is 15.5. The molecule has 0 bridgehead atoms. The van der Waals surface area contributed by atoms with Crippen LogP contribution >= 0.6 is 0 Å². The second-order valence-electron chi connectivity index (χ2n) is 7.38. The fourth-order valence-electron chi connectivity index (χ4n) is 3.97. The Morgan fingerprint density at radius 3 is 2.27 bits per heavy atom. The zero-order valence-electron chi connectivity index (χ0n) is 15.5. The Bertz CT molecular complexity index is 609. The second-order valence-corrected chi connectivity index (χ2v) is 7.38. The minimum absolute atomic E-state index is 0.0966. The zero-order chi connectivity index (χ0) is 18.4. The maximum absolute atomic E-state index is 12.4. The topological polar surface area (TPSA) is 78.7 Å². The number of benzene rings is 1. The van der Waals surface area contributed by atoms with E-state index in [0.29, 0.717) is 0 Å². The molecule has 2 fully saturated rings. The molecule has 1 aromatic rings. The fourth-order valence-corrected chi connectivity index (χ4v) is 3.97.